The zero-order valence-corrected chi connectivity index (χ0v) is 16.1. The summed E-state index contributed by atoms with van der Waals surface area (Å²) in [6, 6.07) is 6.74. The highest BCUT2D eigenvalue weighted by Gasteiger charge is 2.36. The third kappa shape index (κ3) is 4.97. The van der Waals surface area contributed by atoms with Gasteiger partial charge < -0.3 is 14.4 Å². The van der Waals surface area contributed by atoms with Crippen molar-refractivity contribution in [3.8, 4) is 5.75 Å². The summed E-state index contributed by atoms with van der Waals surface area (Å²) >= 11 is 0. The summed E-state index contributed by atoms with van der Waals surface area (Å²) < 4.78 is 33.8. The number of esters is 1. The SMILES string of the molecule is CCN(C(=O)C(C)OC(=O)Cc1ccccc1OC)C1CCS(=O)(=O)C1. The number of sulfone groups is 1. The Morgan fingerprint density at radius 3 is 2.58 bits per heavy atom. The standard InChI is InChI=1S/C18H25NO6S/c1-4-19(15-9-10-26(22,23)12-15)18(21)13(2)25-17(20)11-14-7-5-6-8-16(14)24-3/h5-8,13,15H,4,9-12H2,1-3H3. The molecule has 1 aromatic carbocycles. The Bertz CT molecular complexity index is 761. The minimum atomic E-state index is -3.10. The Balaban J connectivity index is 1.98. The number of methoxy groups -OCH3 is 1. The first kappa shape index (κ1) is 20.2. The van der Waals surface area contributed by atoms with Gasteiger partial charge in [0.25, 0.3) is 5.91 Å². The van der Waals surface area contributed by atoms with Crippen LogP contribution in [0.5, 0.6) is 5.75 Å². The lowest BCUT2D eigenvalue weighted by Crippen LogP contribution is -2.46. The minimum absolute atomic E-state index is 0.00837. The van der Waals surface area contributed by atoms with Crippen molar-refractivity contribution in [3.63, 3.8) is 0 Å². The second-order valence-corrected chi connectivity index (χ2v) is 8.53. The summed E-state index contributed by atoms with van der Waals surface area (Å²) in [6.45, 7) is 3.66. The van der Waals surface area contributed by atoms with Gasteiger partial charge in [-0.2, -0.15) is 0 Å². The number of rotatable bonds is 7. The predicted octanol–water partition coefficient (Wildman–Crippen LogP) is 1.20. The summed E-state index contributed by atoms with van der Waals surface area (Å²) in [5.41, 5.74) is 0.675. The van der Waals surface area contributed by atoms with Crippen LogP contribution in [0.1, 0.15) is 25.8 Å². The molecule has 0 N–H and O–H groups in total. The molecule has 2 unspecified atom stereocenters. The van der Waals surface area contributed by atoms with Gasteiger partial charge in [0, 0.05) is 18.2 Å². The Kier molecular flexibility index (Phi) is 6.63. The van der Waals surface area contributed by atoms with Gasteiger partial charge in [-0.15, -0.1) is 0 Å². The summed E-state index contributed by atoms with van der Waals surface area (Å²) in [5.74, 6) is -0.277. The van der Waals surface area contributed by atoms with Crippen LogP contribution < -0.4 is 4.74 Å². The normalized spacial score (nSPS) is 19.6. The van der Waals surface area contributed by atoms with E-state index in [1.54, 1.807) is 31.2 Å². The smallest absolute Gasteiger partial charge is 0.311 e. The molecule has 1 aliphatic rings. The molecule has 26 heavy (non-hydrogen) atoms. The van der Waals surface area contributed by atoms with Gasteiger partial charge in [0.1, 0.15) is 5.75 Å². The van der Waals surface area contributed by atoms with Gasteiger partial charge in [-0.25, -0.2) is 8.42 Å². The van der Waals surface area contributed by atoms with Crippen molar-refractivity contribution in [1.29, 1.82) is 0 Å². The van der Waals surface area contributed by atoms with Crippen molar-refractivity contribution in [3.05, 3.63) is 29.8 Å². The van der Waals surface area contributed by atoms with E-state index < -0.39 is 21.9 Å². The first-order valence-electron chi connectivity index (χ1n) is 8.59. The van der Waals surface area contributed by atoms with Crippen molar-refractivity contribution in [1.82, 2.24) is 4.90 Å². The molecule has 0 aromatic heterocycles. The lowest BCUT2D eigenvalue weighted by atomic mass is 10.1. The molecule has 2 rings (SSSR count). The molecule has 1 saturated heterocycles. The van der Waals surface area contributed by atoms with Gasteiger partial charge in [-0.1, -0.05) is 18.2 Å². The fraction of sp³-hybridized carbons (Fsp3) is 0.556. The molecule has 1 aliphatic heterocycles. The highest BCUT2D eigenvalue weighted by atomic mass is 32.2. The third-order valence-electron chi connectivity index (χ3n) is 4.46. The molecule has 0 aliphatic carbocycles. The van der Waals surface area contributed by atoms with E-state index in [2.05, 4.69) is 0 Å². The first-order valence-corrected chi connectivity index (χ1v) is 10.4. The Morgan fingerprint density at radius 1 is 1.31 bits per heavy atom. The van der Waals surface area contributed by atoms with Crippen LogP contribution in [0.15, 0.2) is 24.3 Å². The van der Waals surface area contributed by atoms with Crippen LogP contribution in [0.3, 0.4) is 0 Å². The maximum absolute atomic E-state index is 12.6. The zero-order valence-electron chi connectivity index (χ0n) is 15.3. The number of nitrogens with zero attached hydrogens (tertiary/aromatic N) is 1. The zero-order chi connectivity index (χ0) is 19.3. The number of amides is 1. The number of para-hydroxylation sites is 1. The van der Waals surface area contributed by atoms with E-state index in [1.807, 2.05) is 0 Å². The minimum Gasteiger partial charge on any atom is -0.496 e. The predicted molar refractivity (Wildman–Crippen MR) is 96.7 cm³/mol. The Labute approximate surface area is 154 Å². The molecule has 0 saturated carbocycles. The van der Waals surface area contributed by atoms with Crippen LogP contribution in [0.25, 0.3) is 0 Å². The van der Waals surface area contributed by atoms with Crippen molar-refractivity contribution in [2.24, 2.45) is 0 Å². The molecule has 8 heteroatoms. The van der Waals surface area contributed by atoms with Crippen molar-refractivity contribution >= 4 is 21.7 Å². The van der Waals surface area contributed by atoms with E-state index in [0.29, 0.717) is 24.3 Å². The number of hydrogen-bond donors (Lipinski definition) is 0. The van der Waals surface area contributed by atoms with Crippen LogP contribution in [-0.4, -0.2) is 62.5 Å². The second kappa shape index (κ2) is 8.53. The van der Waals surface area contributed by atoms with Gasteiger partial charge in [0.15, 0.2) is 15.9 Å². The fourth-order valence-corrected chi connectivity index (χ4v) is 4.87. The summed E-state index contributed by atoms with van der Waals surface area (Å²) in [5, 5.41) is 0. The topological polar surface area (TPSA) is 90.0 Å². The molecule has 1 amide bonds. The lowest BCUT2D eigenvalue weighted by molar-refractivity contribution is -0.159. The largest absolute Gasteiger partial charge is 0.496 e. The molecule has 7 nitrogen and oxygen atoms in total. The van der Waals surface area contributed by atoms with Crippen LogP contribution in [0, 0.1) is 0 Å². The highest BCUT2D eigenvalue weighted by molar-refractivity contribution is 7.91. The van der Waals surface area contributed by atoms with E-state index in [9.17, 15) is 18.0 Å². The molecule has 1 aromatic rings. The number of likely N-dealkylation sites (N-methyl/N-ethyl adjacent to an activating group) is 1. The van der Waals surface area contributed by atoms with Gasteiger partial charge >= 0.3 is 5.97 Å². The quantitative estimate of drug-likeness (QED) is 0.658. The van der Waals surface area contributed by atoms with Crippen LogP contribution in [0.2, 0.25) is 0 Å². The molecule has 1 fully saturated rings. The molecule has 2 atom stereocenters. The Hall–Kier alpha value is -2.09. The third-order valence-corrected chi connectivity index (χ3v) is 6.21. The average molecular weight is 383 g/mol. The average Bonchev–Trinajstić information content (AvgIpc) is 2.95. The molecule has 0 spiro atoms. The second-order valence-electron chi connectivity index (χ2n) is 6.30. The number of carbonyl (C=O) groups excluding carboxylic acids is 2. The fourth-order valence-electron chi connectivity index (χ4n) is 3.14. The number of hydrogen-bond acceptors (Lipinski definition) is 6. The maximum Gasteiger partial charge on any atom is 0.311 e. The van der Waals surface area contributed by atoms with E-state index in [-0.39, 0.29) is 29.9 Å². The highest BCUT2D eigenvalue weighted by Crippen LogP contribution is 2.20. The molecule has 144 valence electrons. The monoisotopic (exact) mass is 383 g/mol. The van der Waals surface area contributed by atoms with E-state index in [0.717, 1.165) is 0 Å². The summed E-state index contributed by atoms with van der Waals surface area (Å²) in [6.07, 6.45) is -0.560. The maximum atomic E-state index is 12.6. The van der Waals surface area contributed by atoms with E-state index in [4.69, 9.17) is 9.47 Å². The van der Waals surface area contributed by atoms with Gasteiger partial charge in [0.2, 0.25) is 0 Å². The molecular weight excluding hydrogens is 358 g/mol. The number of benzene rings is 1. The van der Waals surface area contributed by atoms with E-state index in [1.165, 1.54) is 18.9 Å². The van der Waals surface area contributed by atoms with Gasteiger partial charge in [0.05, 0.1) is 25.0 Å². The van der Waals surface area contributed by atoms with Crippen molar-refractivity contribution in [2.45, 2.75) is 38.8 Å². The van der Waals surface area contributed by atoms with E-state index >= 15 is 0 Å². The lowest BCUT2D eigenvalue weighted by Gasteiger charge is -2.29. The Morgan fingerprint density at radius 2 is 2.00 bits per heavy atom. The first-order chi connectivity index (χ1) is 12.3. The van der Waals surface area contributed by atoms with Crippen LogP contribution in [0.4, 0.5) is 0 Å². The molecule has 0 bridgehead atoms. The van der Waals surface area contributed by atoms with Gasteiger partial charge in [-0.3, -0.25) is 9.59 Å². The summed E-state index contributed by atoms with van der Waals surface area (Å²) in [7, 11) is -1.58. The van der Waals surface area contributed by atoms with Crippen molar-refractivity contribution < 1.29 is 27.5 Å². The number of ether oxygens (including phenoxy) is 2. The number of carbonyl (C=O) groups is 2. The molecule has 1 heterocycles. The van der Waals surface area contributed by atoms with Crippen LogP contribution in [-0.2, 0) is 30.6 Å². The van der Waals surface area contributed by atoms with Gasteiger partial charge in [-0.05, 0) is 26.3 Å². The van der Waals surface area contributed by atoms with Crippen LogP contribution >= 0.6 is 0 Å². The molecular formula is C18H25NO6S. The van der Waals surface area contributed by atoms with Crippen molar-refractivity contribution in [2.75, 3.05) is 25.2 Å². The molecule has 0 radical (unpaired) electrons. The summed E-state index contributed by atoms with van der Waals surface area (Å²) in [4.78, 5) is 26.3.